The quantitative estimate of drug-likeness (QED) is 0.658. The van der Waals surface area contributed by atoms with Crippen molar-refractivity contribution in [1.29, 1.82) is 0 Å². The van der Waals surface area contributed by atoms with Crippen LogP contribution in [0, 0.1) is 0 Å². The van der Waals surface area contributed by atoms with Crippen molar-refractivity contribution in [2.75, 3.05) is 14.2 Å². The number of carbonyl (C=O) groups excluding carboxylic acids is 2. The molecule has 1 heterocycles. The van der Waals surface area contributed by atoms with Gasteiger partial charge in [0, 0.05) is 16.0 Å². The van der Waals surface area contributed by atoms with E-state index in [4.69, 9.17) is 9.47 Å². The molecule has 7 heteroatoms. The van der Waals surface area contributed by atoms with Gasteiger partial charge in [-0.1, -0.05) is 13.0 Å². The lowest BCUT2D eigenvalue weighted by Gasteiger charge is -2.25. The van der Waals surface area contributed by atoms with Gasteiger partial charge in [-0.25, -0.2) is 0 Å². The van der Waals surface area contributed by atoms with Crippen molar-refractivity contribution >= 4 is 29.2 Å². The van der Waals surface area contributed by atoms with Gasteiger partial charge >= 0.3 is 0 Å². The molecule has 2 aromatic rings. The maximum absolute atomic E-state index is 12.8. The number of hydrogen-bond donors (Lipinski definition) is 2. The zero-order chi connectivity index (χ0) is 20.7. The van der Waals surface area contributed by atoms with Gasteiger partial charge in [0.15, 0.2) is 11.5 Å². The molecular formula is C21H26N2O4S. The molecule has 0 unspecified atom stereocenters. The maximum Gasteiger partial charge on any atom is 0.268 e. The topological polar surface area (TPSA) is 76.7 Å². The van der Waals surface area contributed by atoms with E-state index < -0.39 is 5.91 Å². The van der Waals surface area contributed by atoms with Crippen molar-refractivity contribution in [2.45, 2.75) is 32.7 Å². The maximum atomic E-state index is 12.8. The third-order valence-corrected chi connectivity index (χ3v) is 5.12. The minimum absolute atomic E-state index is 0.184. The summed E-state index contributed by atoms with van der Waals surface area (Å²) in [5.74, 6) is 0.216. The average molecular weight is 403 g/mol. The molecule has 0 aliphatic heterocycles. The smallest absolute Gasteiger partial charge is 0.268 e. The number of ether oxygens (including phenoxy) is 2. The predicted octanol–water partition coefficient (Wildman–Crippen LogP) is 3.84. The Bertz CT molecular complexity index is 857. The normalized spacial score (nSPS) is 11.7. The molecule has 0 saturated heterocycles. The summed E-state index contributed by atoms with van der Waals surface area (Å²) in [5.41, 5.74) is 0.153. The van der Waals surface area contributed by atoms with Crippen molar-refractivity contribution in [3.05, 3.63) is 51.8 Å². The van der Waals surface area contributed by atoms with Crippen LogP contribution in [0.5, 0.6) is 11.5 Å². The molecule has 150 valence electrons. The van der Waals surface area contributed by atoms with Crippen molar-refractivity contribution < 1.29 is 19.1 Å². The molecule has 2 rings (SSSR count). The zero-order valence-electron chi connectivity index (χ0n) is 16.8. The number of nitrogens with one attached hydrogen (secondary N) is 2. The van der Waals surface area contributed by atoms with E-state index in [1.807, 2.05) is 38.3 Å². The molecule has 0 radical (unpaired) electrons. The summed E-state index contributed by atoms with van der Waals surface area (Å²) >= 11 is 1.48. The van der Waals surface area contributed by atoms with Crippen LogP contribution in [-0.4, -0.2) is 31.6 Å². The van der Waals surface area contributed by atoms with Crippen molar-refractivity contribution in [2.24, 2.45) is 0 Å². The molecule has 2 amide bonds. The number of hydrogen-bond acceptors (Lipinski definition) is 5. The van der Waals surface area contributed by atoms with Gasteiger partial charge in [-0.2, -0.15) is 0 Å². The molecular weight excluding hydrogens is 376 g/mol. The summed E-state index contributed by atoms with van der Waals surface area (Å²) in [6.45, 7) is 5.86. The Labute approximate surface area is 169 Å². The highest BCUT2D eigenvalue weighted by Crippen LogP contribution is 2.27. The second kappa shape index (κ2) is 9.41. The fourth-order valence-electron chi connectivity index (χ4n) is 2.31. The molecule has 1 aromatic carbocycles. The highest BCUT2D eigenvalue weighted by Gasteiger charge is 2.22. The minimum Gasteiger partial charge on any atom is -0.493 e. The van der Waals surface area contributed by atoms with E-state index in [1.165, 1.54) is 25.6 Å². The number of rotatable bonds is 8. The van der Waals surface area contributed by atoms with Crippen molar-refractivity contribution in [3.8, 4) is 11.5 Å². The van der Waals surface area contributed by atoms with Crippen LogP contribution in [-0.2, 0) is 4.79 Å². The first-order valence-corrected chi connectivity index (χ1v) is 9.78. The summed E-state index contributed by atoms with van der Waals surface area (Å²) in [6, 6.07) is 8.61. The monoisotopic (exact) mass is 402 g/mol. The number of carbonyl (C=O) groups is 2. The Morgan fingerprint density at radius 3 is 2.43 bits per heavy atom. The Kier molecular flexibility index (Phi) is 7.23. The number of benzene rings is 1. The second-order valence-electron chi connectivity index (χ2n) is 6.79. The zero-order valence-corrected chi connectivity index (χ0v) is 17.6. The molecule has 6 nitrogen and oxygen atoms in total. The second-order valence-corrected chi connectivity index (χ2v) is 7.77. The van der Waals surface area contributed by atoms with Crippen LogP contribution >= 0.6 is 11.3 Å². The van der Waals surface area contributed by atoms with Crippen LogP contribution in [0.1, 0.15) is 42.4 Å². The van der Waals surface area contributed by atoms with Crippen molar-refractivity contribution in [1.82, 2.24) is 10.6 Å². The number of thiophene rings is 1. The Morgan fingerprint density at radius 2 is 1.86 bits per heavy atom. The van der Waals surface area contributed by atoms with E-state index in [2.05, 4.69) is 10.6 Å². The molecule has 0 aliphatic rings. The number of amides is 2. The molecule has 0 fully saturated rings. The average Bonchev–Trinajstić information content (AvgIpc) is 3.19. The van der Waals surface area contributed by atoms with Gasteiger partial charge < -0.3 is 20.1 Å². The van der Waals surface area contributed by atoms with Crippen molar-refractivity contribution in [3.63, 3.8) is 0 Å². The summed E-state index contributed by atoms with van der Waals surface area (Å²) < 4.78 is 10.4. The van der Waals surface area contributed by atoms with Crippen LogP contribution in [0.25, 0.3) is 6.08 Å². The molecule has 1 aromatic heterocycles. The highest BCUT2D eigenvalue weighted by atomic mass is 32.1. The molecule has 0 saturated carbocycles. The van der Waals surface area contributed by atoms with Gasteiger partial charge in [0.1, 0.15) is 5.70 Å². The molecule has 28 heavy (non-hydrogen) atoms. The lowest BCUT2D eigenvalue weighted by molar-refractivity contribution is -0.119. The first kappa shape index (κ1) is 21.5. The van der Waals surface area contributed by atoms with E-state index >= 15 is 0 Å². The Balaban J connectivity index is 2.29. The summed E-state index contributed by atoms with van der Waals surface area (Å²) in [6.07, 6.45) is 2.43. The van der Waals surface area contributed by atoms with E-state index in [0.717, 1.165) is 11.3 Å². The van der Waals surface area contributed by atoms with Crippen LogP contribution in [0.3, 0.4) is 0 Å². The van der Waals surface area contributed by atoms with E-state index in [0.29, 0.717) is 17.1 Å². The van der Waals surface area contributed by atoms with E-state index in [-0.39, 0.29) is 17.1 Å². The van der Waals surface area contributed by atoms with Crippen LogP contribution in [0.4, 0.5) is 0 Å². The number of methoxy groups -OCH3 is 2. The fourth-order valence-corrected chi connectivity index (χ4v) is 2.97. The summed E-state index contributed by atoms with van der Waals surface area (Å²) in [5, 5.41) is 7.59. The third-order valence-electron chi connectivity index (χ3n) is 4.30. The van der Waals surface area contributed by atoms with Gasteiger partial charge in [0.2, 0.25) is 0 Å². The molecule has 0 aliphatic carbocycles. The first-order chi connectivity index (χ1) is 13.3. The minimum atomic E-state index is -0.409. The van der Waals surface area contributed by atoms with Crippen LogP contribution in [0.15, 0.2) is 41.4 Å². The van der Waals surface area contributed by atoms with Gasteiger partial charge in [0.05, 0.1) is 14.2 Å². The van der Waals surface area contributed by atoms with E-state index in [1.54, 1.807) is 24.3 Å². The van der Waals surface area contributed by atoms with Gasteiger partial charge in [-0.15, -0.1) is 11.3 Å². The molecule has 2 N–H and O–H groups in total. The summed E-state index contributed by atoms with van der Waals surface area (Å²) in [4.78, 5) is 26.4. The largest absolute Gasteiger partial charge is 0.493 e. The molecule has 0 atom stereocenters. The Morgan fingerprint density at radius 1 is 1.14 bits per heavy atom. The lowest BCUT2D eigenvalue weighted by Crippen LogP contribution is -2.46. The molecule has 0 bridgehead atoms. The molecule has 0 spiro atoms. The fraction of sp³-hybridized carbons (Fsp3) is 0.333. The third kappa shape index (κ3) is 5.60. The predicted molar refractivity (Wildman–Crippen MR) is 112 cm³/mol. The first-order valence-electron chi connectivity index (χ1n) is 8.90. The Hall–Kier alpha value is -2.80. The highest BCUT2D eigenvalue weighted by molar-refractivity contribution is 7.10. The summed E-state index contributed by atoms with van der Waals surface area (Å²) in [7, 11) is 3.03. The van der Waals surface area contributed by atoms with Gasteiger partial charge in [-0.05, 0) is 56.0 Å². The standard InChI is InChI=1S/C21H26N2O4S/c1-6-21(2,3)23-20(25)16(13-15-8-7-11-28-15)22-19(24)14-9-10-17(26-4)18(12-14)27-5/h7-13H,6H2,1-5H3,(H,22,24)(H,23,25)/b16-13-. The van der Waals surface area contributed by atoms with E-state index in [9.17, 15) is 9.59 Å². The van der Waals surface area contributed by atoms with Gasteiger partial charge in [-0.3, -0.25) is 9.59 Å². The van der Waals surface area contributed by atoms with Crippen LogP contribution < -0.4 is 20.1 Å². The lowest BCUT2D eigenvalue weighted by atomic mass is 10.0. The van der Waals surface area contributed by atoms with Gasteiger partial charge in [0.25, 0.3) is 11.8 Å². The SMILES string of the molecule is CCC(C)(C)NC(=O)/C(=C/c1cccs1)NC(=O)c1ccc(OC)c(OC)c1. The van der Waals surface area contributed by atoms with Crippen LogP contribution in [0.2, 0.25) is 0 Å².